The molecular weight excluding hydrogens is 372 g/mol. The fraction of sp³-hybridized carbons (Fsp3) is 0.161. The van der Waals surface area contributed by atoms with Crippen LogP contribution in [0.1, 0.15) is 35.1 Å². The maximum Gasteiger partial charge on any atom is 0.00958 e. The second-order valence-corrected chi connectivity index (χ2v) is 8.56. The first-order valence-electron chi connectivity index (χ1n) is 11.3. The minimum Gasteiger partial charge on any atom is -0.0946 e. The molecule has 3 aromatic carbocycles. The molecule has 1 atom stereocenters. The second kappa shape index (κ2) is 8.78. The monoisotopic (exact) mass is 400 g/mol. The zero-order valence-corrected chi connectivity index (χ0v) is 17.9. The first-order chi connectivity index (χ1) is 15.3. The third-order valence-electron chi connectivity index (χ3n) is 6.59. The smallest absolute Gasteiger partial charge is 0.00958 e. The largest absolute Gasteiger partial charge is 0.0946 e. The van der Waals surface area contributed by atoms with Crippen LogP contribution in [0.4, 0.5) is 0 Å². The topological polar surface area (TPSA) is 0 Å². The van der Waals surface area contributed by atoms with Gasteiger partial charge in [0.25, 0.3) is 0 Å². The molecule has 0 N–H and O–H groups in total. The third kappa shape index (κ3) is 4.11. The lowest BCUT2D eigenvalue weighted by atomic mass is 9.89. The molecule has 0 saturated carbocycles. The van der Waals surface area contributed by atoms with E-state index in [1.165, 1.54) is 44.5 Å². The summed E-state index contributed by atoms with van der Waals surface area (Å²) in [7, 11) is 0. The van der Waals surface area contributed by atoms with Gasteiger partial charge in [-0.3, -0.25) is 0 Å². The molecule has 0 heterocycles. The van der Waals surface area contributed by atoms with E-state index >= 15 is 0 Å². The number of aryl methyl sites for hydroxylation is 1. The van der Waals surface area contributed by atoms with Crippen molar-refractivity contribution in [3.05, 3.63) is 143 Å². The standard InChI is InChI=1S/C31H28/c1-23-29(19-11-8-14-24-12-4-2-5-13-24)31(25-15-6-3-7-16-25)22-30(23)28-20-26-17-9-10-18-27(26)21-28/h2-7,9-13,15-20,30H,1,8,14,21-22H2. The number of allylic oxidation sites excluding steroid dienone is 6. The third-order valence-corrected chi connectivity index (χ3v) is 6.59. The van der Waals surface area contributed by atoms with Gasteiger partial charge in [0.05, 0.1) is 0 Å². The Morgan fingerprint density at radius 2 is 1.55 bits per heavy atom. The Bertz CT molecular complexity index is 1170. The van der Waals surface area contributed by atoms with Crippen molar-refractivity contribution in [3.63, 3.8) is 0 Å². The Balaban J connectivity index is 1.39. The fourth-order valence-corrected chi connectivity index (χ4v) is 4.92. The molecular formula is C31H28. The molecule has 152 valence electrons. The van der Waals surface area contributed by atoms with Gasteiger partial charge in [0.15, 0.2) is 0 Å². The van der Waals surface area contributed by atoms with E-state index in [-0.39, 0.29) is 0 Å². The van der Waals surface area contributed by atoms with Crippen molar-refractivity contribution in [3.8, 4) is 0 Å². The highest BCUT2D eigenvalue weighted by atomic mass is 14.4. The number of benzene rings is 3. The van der Waals surface area contributed by atoms with Crippen molar-refractivity contribution in [2.75, 3.05) is 0 Å². The summed E-state index contributed by atoms with van der Waals surface area (Å²) in [4.78, 5) is 0. The van der Waals surface area contributed by atoms with Crippen molar-refractivity contribution in [2.24, 2.45) is 5.92 Å². The second-order valence-electron chi connectivity index (χ2n) is 8.56. The maximum absolute atomic E-state index is 4.59. The van der Waals surface area contributed by atoms with Gasteiger partial charge >= 0.3 is 0 Å². The quantitative estimate of drug-likeness (QED) is 0.395. The van der Waals surface area contributed by atoms with E-state index in [1.807, 2.05) is 0 Å². The molecule has 0 spiro atoms. The van der Waals surface area contributed by atoms with E-state index in [0.717, 1.165) is 25.7 Å². The molecule has 2 aliphatic carbocycles. The number of hydrogen-bond donors (Lipinski definition) is 0. The van der Waals surface area contributed by atoms with Crippen LogP contribution in [-0.2, 0) is 12.8 Å². The van der Waals surface area contributed by atoms with Crippen LogP contribution in [0.15, 0.2) is 120 Å². The predicted molar refractivity (Wildman–Crippen MR) is 133 cm³/mol. The highest BCUT2D eigenvalue weighted by Crippen LogP contribution is 2.47. The molecule has 0 bridgehead atoms. The van der Waals surface area contributed by atoms with Gasteiger partial charge in [0.2, 0.25) is 0 Å². The molecule has 0 heteroatoms. The van der Waals surface area contributed by atoms with Crippen LogP contribution >= 0.6 is 0 Å². The average molecular weight is 401 g/mol. The Hall–Kier alpha value is -3.38. The molecule has 5 rings (SSSR count). The molecule has 0 radical (unpaired) electrons. The highest BCUT2D eigenvalue weighted by Gasteiger charge is 2.31. The number of fused-ring (bicyclic) bond motifs is 1. The number of rotatable bonds is 6. The van der Waals surface area contributed by atoms with Gasteiger partial charge in [-0.1, -0.05) is 115 Å². The van der Waals surface area contributed by atoms with Crippen molar-refractivity contribution >= 4 is 11.6 Å². The van der Waals surface area contributed by atoms with Gasteiger partial charge in [-0.25, -0.2) is 0 Å². The molecule has 0 aliphatic heterocycles. The van der Waals surface area contributed by atoms with Crippen LogP contribution in [-0.4, -0.2) is 0 Å². The molecule has 3 aromatic rings. The number of hydrogen-bond acceptors (Lipinski definition) is 0. The van der Waals surface area contributed by atoms with Crippen molar-refractivity contribution in [1.29, 1.82) is 0 Å². The molecule has 1 unspecified atom stereocenters. The van der Waals surface area contributed by atoms with E-state index in [4.69, 9.17) is 0 Å². The van der Waals surface area contributed by atoms with E-state index in [2.05, 4.69) is 110 Å². The van der Waals surface area contributed by atoms with Gasteiger partial charge in [0, 0.05) is 5.92 Å². The summed E-state index contributed by atoms with van der Waals surface area (Å²) in [5, 5.41) is 0. The Kier molecular flexibility index (Phi) is 5.54. The van der Waals surface area contributed by atoms with Crippen molar-refractivity contribution < 1.29 is 0 Å². The Labute approximate surface area is 186 Å². The van der Waals surface area contributed by atoms with Gasteiger partial charge in [-0.05, 0) is 64.7 Å². The summed E-state index contributed by atoms with van der Waals surface area (Å²) >= 11 is 0. The van der Waals surface area contributed by atoms with Crippen LogP contribution in [0, 0.1) is 5.92 Å². The summed E-state index contributed by atoms with van der Waals surface area (Å²) in [6, 6.07) is 30.3. The lowest BCUT2D eigenvalue weighted by molar-refractivity contribution is 0.766. The molecule has 0 aromatic heterocycles. The van der Waals surface area contributed by atoms with Gasteiger partial charge in [0.1, 0.15) is 0 Å². The molecule has 0 saturated heterocycles. The van der Waals surface area contributed by atoms with Crippen LogP contribution < -0.4 is 0 Å². The van der Waals surface area contributed by atoms with Crippen LogP contribution in [0.2, 0.25) is 0 Å². The van der Waals surface area contributed by atoms with E-state index in [0.29, 0.717) is 5.92 Å². The average Bonchev–Trinajstić information content (AvgIpc) is 3.39. The summed E-state index contributed by atoms with van der Waals surface area (Å²) in [5.41, 5.74) is 11.1. The summed E-state index contributed by atoms with van der Waals surface area (Å²) in [6.45, 7) is 4.59. The summed E-state index contributed by atoms with van der Waals surface area (Å²) < 4.78 is 0. The minimum atomic E-state index is 0.399. The Morgan fingerprint density at radius 1 is 0.839 bits per heavy atom. The molecule has 0 amide bonds. The maximum atomic E-state index is 4.59. The molecule has 0 fully saturated rings. The van der Waals surface area contributed by atoms with Crippen molar-refractivity contribution in [1.82, 2.24) is 0 Å². The molecule has 2 aliphatic rings. The van der Waals surface area contributed by atoms with E-state index < -0.39 is 0 Å². The van der Waals surface area contributed by atoms with E-state index in [9.17, 15) is 0 Å². The van der Waals surface area contributed by atoms with Gasteiger partial charge in [-0.2, -0.15) is 0 Å². The lowest BCUT2D eigenvalue weighted by Crippen LogP contribution is -2.03. The zero-order valence-electron chi connectivity index (χ0n) is 17.9. The van der Waals surface area contributed by atoms with Gasteiger partial charge < -0.3 is 0 Å². The van der Waals surface area contributed by atoms with Gasteiger partial charge in [-0.15, -0.1) is 0 Å². The molecule has 0 nitrogen and oxygen atoms in total. The summed E-state index contributed by atoms with van der Waals surface area (Å²) in [5.74, 6) is 0.399. The Morgan fingerprint density at radius 3 is 2.32 bits per heavy atom. The first-order valence-corrected chi connectivity index (χ1v) is 11.3. The predicted octanol–water partition coefficient (Wildman–Crippen LogP) is 7.85. The lowest BCUT2D eigenvalue weighted by Gasteiger charge is -2.14. The van der Waals surface area contributed by atoms with Crippen LogP contribution in [0.25, 0.3) is 11.6 Å². The normalized spacial score (nSPS) is 18.0. The first kappa shape index (κ1) is 19.6. The fourth-order valence-electron chi connectivity index (χ4n) is 4.92. The zero-order chi connectivity index (χ0) is 21.0. The molecule has 31 heavy (non-hydrogen) atoms. The van der Waals surface area contributed by atoms with Crippen LogP contribution in [0.3, 0.4) is 0 Å². The summed E-state index contributed by atoms with van der Waals surface area (Å²) in [6.07, 6.45) is 11.3. The minimum absolute atomic E-state index is 0.399. The SMILES string of the molecule is C=C1C(C=CCCc2ccccc2)=C(c2ccccc2)CC1C1=Cc2ccccc2C1. The van der Waals surface area contributed by atoms with E-state index in [1.54, 1.807) is 0 Å². The highest BCUT2D eigenvalue weighted by molar-refractivity contribution is 5.81. The van der Waals surface area contributed by atoms with Crippen molar-refractivity contribution in [2.45, 2.75) is 25.7 Å². The van der Waals surface area contributed by atoms with Crippen LogP contribution in [0.5, 0.6) is 0 Å².